The van der Waals surface area contributed by atoms with Gasteiger partial charge in [0.25, 0.3) is 0 Å². The lowest BCUT2D eigenvalue weighted by Gasteiger charge is -2.02. The number of phenols is 1. The number of aromatic nitrogens is 1. The normalized spacial score (nSPS) is 10.4. The molecule has 0 spiro atoms. The minimum absolute atomic E-state index is 0.266. The molecule has 20 heavy (non-hydrogen) atoms. The Bertz CT molecular complexity index is 702. The maximum atomic E-state index is 9.30. The van der Waals surface area contributed by atoms with Crippen LogP contribution in [-0.4, -0.2) is 10.1 Å². The van der Waals surface area contributed by atoms with E-state index in [9.17, 15) is 5.11 Å². The van der Waals surface area contributed by atoms with Crippen molar-refractivity contribution in [2.75, 3.05) is 5.32 Å². The highest BCUT2D eigenvalue weighted by Crippen LogP contribution is 2.28. The molecular weight excluding hydrogens is 268 g/mol. The van der Waals surface area contributed by atoms with Crippen molar-refractivity contribution in [1.82, 2.24) is 4.98 Å². The lowest BCUT2D eigenvalue weighted by atomic mass is 10.2. The third-order valence-electron chi connectivity index (χ3n) is 2.97. The van der Waals surface area contributed by atoms with Crippen LogP contribution in [0.4, 0.5) is 10.8 Å². The quantitative estimate of drug-likeness (QED) is 0.739. The van der Waals surface area contributed by atoms with Gasteiger partial charge in [-0.25, -0.2) is 4.98 Å². The van der Waals surface area contributed by atoms with Crippen LogP contribution in [0.25, 0.3) is 11.3 Å². The van der Waals surface area contributed by atoms with Crippen LogP contribution >= 0.6 is 11.3 Å². The first kappa shape index (κ1) is 12.7. The zero-order valence-electron chi connectivity index (χ0n) is 11.0. The fourth-order valence-electron chi connectivity index (χ4n) is 1.86. The van der Waals surface area contributed by atoms with Crippen molar-refractivity contribution in [3.05, 3.63) is 59.5 Å². The minimum atomic E-state index is 0.266. The molecule has 2 aromatic carbocycles. The molecule has 0 saturated heterocycles. The molecule has 1 aromatic heterocycles. The number of aromatic hydroxyl groups is 1. The second kappa shape index (κ2) is 5.35. The highest BCUT2D eigenvalue weighted by atomic mass is 32.1. The smallest absolute Gasteiger partial charge is 0.187 e. The standard InChI is InChI=1S/C16H14N2OS/c1-11-2-6-13(7-3-11)17-16-18-15(10-20-16)12-4-8-14(19)9-5-12/h2-10,19H,1H3,(H,17,18). The van der Waals surface area contributed by atoms with E-state index in [-0.39, 0.29) is 5.75 Å². The van der Waals surface area contributed by atoms with Crippen LogP contribution in [0.3, 0.4) is 0 Å². The van der Waals surface area contributed by atoms with Gasteiger partial charge in [0.15, 0.2) is 5.13 Å². The van der Waals surface area contributed by atoms with E-state index in [2.05, 4.69) is 29.4 Å². The summed E-state index contributed by atoms with van der Waals surface area (Å²) in [5, 5.41) is 15.4. The molecule has 3 nitrogen and oxygen atoms in total. The van der Waals surface area contributed by atoms with E-state index in [1.807, 2.05) is 29.6 Å². The van der Waals surface area contributed by atoms with Crippen LogP contribution in [0.15, 0.2) is 53.9 Å². The Morgan fingerprint density at radius 3 is 2.40 bits per heavy atom. The zero-order valence-corrected chi connectivity index (χ0v) is 11.8. The summed E-state index contributed by atoms with van der Waals surface area (Å²) in [4.78, 5) is 4.55. The van der Waals surface area contributed by atoms with Crippen LogP contribution < -0.4 is 5.32 Å². The number of anilines is 2. The van der Waals surface area contributed by atoms with Crippen LogP contribution in [0.2, 0.25) is 0 Å². The fraction of sp³-hybridized carbons (Fsp3) is 0.0625. The van der Waals surface area contributed by atoms with Gasteiger partial charge in [0.2, 0.25) is 0 Å². The first-order valence-corrected chi connectivity index (χ1v) is 7.17. The summed E-state index contributed by atoms with van der Waals surface area (Å²) in [6.45, 7) is 2.07. The SMILES string of the molecule is Cc1ccc(Nc2nc(-c3ccc(O)cc3)cs2)cc1. The van der Waals surface area contributed by atoms with Crippen molar-refractivity contribution in [3.8, 4) is 17.0 Å². The number of nitrogens with zero attached hydrogens (tertiary/aromatic N) is 1. The molecule has 0 unspecified atom stereocenters. The molecule has 0 aliphatic carbocycles. The molecule has 100 valence electrons. The molecule has 0 saturated carbocycles. The Hall–Kier alpha value is -2.33. The zero-order chi connectivity index (χ0) is 13.9. The van der Waals surface area contributed by atoms with Crippen LogP contribution in [0.1, 0.15) is 5.56 Å². The number of hydrogen-bond acceptors (Lipinski definition) is 4. The van der Waals surface area contributed by atoms with Gasteiger partial charge < -0.3 is 10.4 Å². The Balaban J connectivity index is 1.80. The number of nitrogens with one attached hydrogen (secondary N) is 1. The van der Waals surface area contributed by atoms with Gasteiger partial charge in [-0.1, -0.05) is 17.7 Å². The van der Waals surface area contributed by atoms with Crippen molar-refractivity contribution in [2.45, 2.75) is 6.92 Å². The van der Waals surface area contributed by atoms with E-state index in [0.29, 0.717) is 0 Å². The van der Waals surface area contributed by atoms with Crippen molar-refractivity contribution in [1.29, 1.82) is 0 Å². The van der Waals surface area contributed by atoms with E-state index in [1.165, 1.54) is 5.56 Å². The Labute approximate surface area is 121 Å². The molecule has 0 atom stereocenters. The molecule has 4 heteroatoms. The fourth-order valence-corrected chi connectivity index (χ4v) is 2.60. The monoisotopic (exact) mass is 282 g/mol. The molecular formula is C16H14N2OS. The second-order valence-electron chi connectivity index (χ2n) is 4.58. The average molecular weight is 282 g/mol. The number of hydrogen-bond donors (Lipinski definition) is 2. The molecule has 3 rings (SSSR count). The highest BCUT2D eigenvalue weighted by molar-refractivity contribution is 7.14. The van der Waals surface area contributed by atoms with E-state index in [1.54, 1.807) is 23.5 Å². The average Bonchev–Trinajstić information content (AvgIpc) is 2.91. The van der Waals surface area contributed by atoms with Gasteiger partial charge in [0.05, 0.1) is 5.69 Å². The maximum Gasteiger partial charge on any atom is 0.187 e. The summed E-state index contributed by atoms with van der Waals surface area (Å²) in [5.41, 5.74) is 4.17. The van der Waals surface area contributed by atoms with Gasteiger partial charge >= 0.3 is 0 Å². The minimum Gasteiger partial charge on any atom is -0.508 e. The third kappa shape index (κ3) is 2.81. The summed E-state index contributed by atoms with van der Waals surface area (Å²) < 4.78 is 0. The van der Waals surface area contributed by atoms with Crippen molar-refractivity contribution in [2.24, 2.45) is 0 Å². The molecule has 1 heterocycles. The highest BCUT2D eigenvalue weighted by Gasteiger charge is 2.04. The topological polar surface area (TPSA) is 45.2 Å². The first-order chi connectivity index (χ1) is 9.70. The summed E-state index contributed by atoms with van der Waals surface area (Å²) in [7, 11) is 0. The third-order valence-corrected chi connectivity index (χ3v) is 3.73. The summed E-state index contributed by atoms with van der Waals surface area (Å²) in [5.74, 6) is 0.266. The van der Waals surface area contributed by atoms with Crippen molar-refractivity contribution in [3.63, 3.8) is 0 Å². The molecule has 0 aliphatic rings. The number of thiazole rings is 1. The van der Waals surface area contributed by atoms with Gasteiger partial charge in [0, 0.05) is 16.6 Å². The van der Waals surface area contributed by atoms with Crippen LogP contribution in [0.5, 0.6) is 5.75 Å². The lowest BCUT2D eigenvalue weighted by Crippen LogP contribution is -1.89. The van der Waals surface area contributed by atoms with Gasteiger partial charge in [-0.05, 0) is 43.3 Å². The summed E-state index contributed by atoms with van der Waals surface area (Å²) >= 11 is 1.56. The Morgan fingerprint density at radius 1 is 1.00 bits per heavy atom. The second-order valence-corrected chi connectivity index (χ2v) is 5.43. The van der Waals surface area contributed by atoms with Gasteiger partial charge in [-0.15, -0.1) is 11.3 Å². The predicted octanol–water partition coefficient (Wildman–Crippen LogP) is 4.57. The van der Waals surface area contributed by atoms with Crippen LogP contribution in [0, 0.1) is 6.92 Å². The Kier molecular flexibility index (Phi) is 3.39. The number of rotatable bonds is 3. The van der Waals surface area contributed by atoms with E-state index in [0.717, 1.165) is 22.1 Å². The van der Waals surface area contributed by atoms with Gasteiger partial charge in [-0.2, -0.15) is 0 Å². The lowest BCUT2D eigenvalue weighted by molar-refractivity contribution is 0.475. The maximum absolute atomic E-state index is 9.30. The van der Waals surface area contributed by atoms with E-state index in [4.69, 9.17) is 0 Å². The molecule has 0 radical (unpaired) electrons. The first-order valence-electron chi connectivity index (χ1n) is 6.29. The number of benzene rings is 2. The van der Waals surface area contributed by atoms with Gasteiger partial charge in [-0.3, -0.25) is 0 Å². The molecule has 0 aliphatic heterocycles. The van der Waals surface area contributed by atoms with E-state index >= 15 is 0 Å². The Morgan fingerprint density at radius 2 is 1.70 bits per heavy atom. The molecule has 0 fully saturated rings. The van der Waals surface area contributed by atoms with Crippen molar-refractivity contribution < 1.29 is 5.11 Å². The van der Waals surface area contributed by atoms with Crippen LogP contribution in [-0.2, 0) is 0 Å². The largest absolute Gasteiger partial charge is 0.508 e. The molecule has 0 amide bonds. The summed E-state index contributed by atoms with van der Waals surface area (Å²) in [6.07, 6.45) is 0. The van der Waals surface area contributed by atoms with E-state index < -0.39 is 0 Å². The molecule has 3 aromatic rings. The summed E-state index contributed by atoms with van der Waals surface area (Å²) in [6, 6.07) is 15.3. The number of aryl methyl sites for hydroxylation is 1. The number of phenolic OH excluding ortho intramolecular Hbond substituents is 1. The molecule has 0 bridgehead atoms. The van der Waals surface area contributed by atoms with Crippen molar-refractivity contribution >= 4 is 22.2 Å². The van der Waals surface area contributed by atoms with Gasteiger partial charge in [0.1, 0.15) is 5.75 Å². The molecule has 2 N–H and O–H groups in total. The predicted molar refractivity (Wildman–Crippen MR) is 83.7 cm³/mol.